The van der Waals surface area contributed by atoms with E-state index >= 15 is 0 Å². The highest BCUT2D eigenvalue weighted by Crippen LogP contribution is 2.29. The zero-order valence-corrected chi connectivity index (χ0v) is 13.2. The Bertz CT molecular complexity index is 617. The Hall–Kier alpha value is -0.950. The van der Waals surface area contributed by atoms with Crippen molar-refractivity contribution in [3.8, 4) is 0 Å². The van der Waals surface area contributed by atoms with Gasteiger partial charge < -0.3 is 5.73 Å². The topological polar surface area (TPSA) is 66.6 Å². The van der Waals surface area contributed by atoms with Crippen molar-refractivity contribution < 1.29 is 8.42 Å². The van der Waals surface area contributed by atoms with Crippen molar-refractivity contribution in [3.05, 3.63) is 29.8 Å². The van der Waals surface area contributed by atoms with Crippen LogP contribution < -0.4 is 5.73 Å². The number of hydrogen-bond donors (Lipinski definition) is 1. The zero-order chi connectivity index (χ0) is 15.0. The summed E-state index contributed by atoms with van der Waals surface area (Å²) in [6.07, 6.45) is 2.27. The van der Waals surface area contributed by atoms with Crippen molar-refractivity contribution in [1.82, 2.24) is 9.21 Å². The molecule has 116 valence electrons. The lowest BCUT2D eigenvalue weighted by Crippen LogP contribution is -2.56. The van der Waals surface area contributed by atoms with Crippen LogP contribution in [0.4, 0.5) is 0 Å². The van der Waals surface area contributed by atoms with Crippen LogP contribution in [0.1, 0.15) is 25.3 Å². The second-order valence-electron chi connectivity index (χ2n) is 6.07. The molecule has 21 heavy (non-hydrogen) atoms. The molecule has 2 atom stereocenters. The molecule has 3 rings (SSSR count). The molecule has 0 spiro atoms. The molecule has 2 fully saturated rings. The highest BCUT2D eigenvalue weighted by molar-refractivity contribution is 7.89. The fourth-order valence-electron chi connectivity index (χ4n) is 3.46. The molecule has 2 aliphatic heterocycles. The number of fused-ring (bicyclic) bond motifs is 1. The molecule has 0 saturated carbocycles. The van der Waals surface area contributed by atoms with Crippen molar-refractivity contribution >= 4 is 10.0 Å². The lowest BCUT2D eigenvalue weighted by Gasteiger charge is -2.41. The quantitative estimate of drug-likeness (QED) is 0.905. The maximum Gasteiger partial charge on any atom is 0.243 e. The van der Waals surface area contributed by atoms with E-state index in [0.717, 1.165) is 25.1 Å². The van der Waals surface area contributed by atoms with Gasteiger partial charge in [-0.15, -0.1) is 0 Å². The Morgan fingerprint density at radius 1 is 1.33 bits per heavy atom. The van der Waals surface area contributed by atoms with Gasteiger partial charge in [0.25, 0.3) is 0 Å². The maximum absolute atomic E-state index is 12.9. The first-order chi connectivity index (χ1) is 10.0. The van der Waals surface area contributed by atoms with Crippen LogP contribution >= 0.6 is 0 Å². The van der Waals surface area contributed by atoms with Crippen LogP contribution in [0.5, 0.6) is 0 Å². The standard InChI is InChI=1S/C15H23N3O2S/c1-12-10-17-7-3-5-14(17)11-18(12)21(19,20)15-6-2-4-13(8-15)9-16/h2,4,6,8,12,14H,3,5,7,9-11,16H2,1H3. The SMILES string of the molecule is CC1CN2CCCC2CN1S(=O)(=O)c1cccc(CN)c1. The zero-order valence-electron chi connectivity index (χ0n) is 12.4. The Balaban J connectivity index is 1.89. The molecule has 1 aromatic rings. The second-order valence-corrected chi connectivity index (χ2v) is 7.96. The van der Waals surface area contributed by atoms with Crippen LogP contribution in [0.15, 0.2) is 29.2 Å². The Labute approximate surface area is 126 Å². The second kappa shape index (κ2) is 5.68. The first kappa shape index (κ1) is 15.0. The van der Waals surface area contributed by atoms with Gasteiger partial charge in [-0.1, -0.05) is 12.1 Å². The van der Waals surface area contributed by atoms with Crippen LogP contribution in [0.2, 0.25) is 0 Å². The number of rotatable bonds is 3. The number of hydrogen-bond acceptors (Lipinski definition) is 4. The molecule has 1 aromatic carbocycles. The number of sulfonamides is 1. The van der Waals surface area contributed by atoms with E-state index in [9.17, 15) is 8.42 Å². The summed E-state index contributed by atoms with van der Waals surface area (Å²) in [6.45, 7) is 4.90. The Morgan fingerprint density at radius 2 is 2.14 bits per heavy atom. The van der Waals surface area contributed by atoms with Gasteiger partial charge >= 0.3 is 0 Å². The molecule has 2 aliphatic rings. The summed E-state index contributed by atoms with van der Waals surface area (Å²) in [5, 5.41) is 0. The monoisotopic (exact) mass is 309 g/mol. The first-order valence-electron chi connectivity index (χ1n) is 7.57. The number of nitrogens with two attached hydrogens (primary N) is 1. The number of nitrogens with zero attached hydrogens (tertiary/aromatic N) is 2. The maximum atomic E-state index is 12.9. The summed E-state index contributed by atoms with van der Waals surface area (Å²) >= 11 is 0. The molecule has 0 aromatic heterocycles. The molecule has 2 unspecified atom stereocenters. The van der Waals surface area contributed by atoms with Gasteiger partial charge in [-0.05, 0) is 44.0 Å². The van der Waals surface area contributed by atoms with E-state index in [2.05, 4.69) is 4.90 Å². The molecule has 2 N–H and O–H groups in total. The normalized spacial score (nSPS) is 27.7. The number of benzene rings is 1. The minimum Gasteiger partial charge on any atom is -0.326 e. The average molecular weight is 309 g/mol. The molecular formula is C15H23N3O2S. The third kappa shape index (κ3) is 2.73. The van der Waals surface area contributed by atoms with Crippen molar-refractivity contribution in [1.29, 1.82) is 0 Å². The molecule has 6 heteroatoms. The van der Waals surface area contributed by atoms with E-state index in [0.29, 0.717) is 24.0 Å². The van der Waals surface area contributed by atoms with Gasteiger partial charge in [0.2, 0.25) is 10.0 Å². The van der Waals surface area contributed by atoms with Crippen molar-refractivity contribution in [2.75, 3.05) is 19.6 Å². The van der Waals surface area contributed by atoms with Crippen LogP contribution in [0.3, 0.4) is 0 Å². The molecule has 2 heterocycles. The number of piperazine rings is 1. The summed E-state index contributed by atoms with van der Waals surface area (Å²) in [4.78, 5) is 2.79. The van der Waals surface area contributed by atoms with Crippen molar-refractivity contribution in [2.24, 2.45) is 5.73 Å². The van der Waals surface area contributed by atoms with Gasteiger partial charge in [0.15, 0.2) is 0 Å². The molecule has 0 bridgehead atoms. The third-order valence-corrected chi connectivity index (χ3v) is 6.60. The predicted molar refractivity (Wildman–Crippen MR) is 82.3 cm³/mol. The van der Waals surface area contributed by atoms with Crippen LogP contribution in [-0.4, -0.2) is 49.3 Å². The Kier molecular flexibility index (Phi) is 4.05. The lowest BCUT2D eigenvalue weighted by molar-refractivity contribution is 0.117. The van der Waals surface area contributed by atoms with E-state index in [4.69, 9.17) is 5.73 Å². The molecule has 5 nitrogen and oxygen atoms in total. The van der Waals surface area contributed by atoms with Crippen molar-refractivity contribution in [3.63, 3.8) is 0 Å². The predicted octanol–water partition coefficient (Wildman–Crippen LogP) is 1.00. The largest absolute Gasteiger partial charge is 0.326 e. The van der Waals surface area contributed by atoms with E-state index in [-0.39, 0.29) is 6.04 Å². The van der Waals surface area contributed by atoms with Gasteiger partial charge in [-0.25, -0.2) is 8.42 Å². The van der Waals surface area contributed by atoms with Gasteiger partial charge in [0.05, 0.1) is 4.90 Å². The molecule has 0 radical (unpaired) electrons. The lowest BCUT2D eigenvalue weighted by atomic mass is 10.1. The summed E-state index contributed by atoms with van der Waals surface area (Å²) in [7, 11) is -3.43. The van der Waals surface area contributed by atoms with E-state index in [1.165, 1.54) is 6.42 Å². The minimum absolute atomic E-state index is 0.0193. The van der Waals surface area contributed by atoms with E-state index in [1.807, 2.05) is 13.0 Å². The van der Waals surface area contributed by atoms with Crippen LogP contribution in [0.25, 0.3) is 0 Å². The molecule has 0 amide bonds. The minimum atomic E-state index is -3.43. The van der Waals surface area contributed by atoms with Crippen LogP contribution in [0, 0.1) is 0 Å². The fraction of sp³-hybridized carbons (Fsp3) is 0.600. The summed E-state index contributed by atoms with van der Waals surface area (Å²) in [6, 6.07) is 7.40. The molecule has 0 aliphatic carbocycles. The van der Waals surface area contributed by atoms with E-state index in [1.54, 1.807) is 22.5 Å². The van der Waals surface area contributed by atoms with Gasteiger partial charge in [-0.3, -0.25) is 4.90 Å². The van der Waals surface area contributed by atoms with Crippen LogP contribution in [-0.2, 0) is 16.6 Å². The smallest absolute Gasteiger partial charge is 0.243 e. The van der Waals surface area contributed by atoms with Gasteiger partial charge in [-0.2, -0.15) is 4.31 Å². The molecule has 2 saturated heterocycles. The Morgan fingerprint density at radius 3 is 2.90 bits per heavy atom. The van der Waals surface area contributed by atoms with Gasteiger partial charge in [0.1, 0.15) is 0 Å². The highest BCUT2D eigenvalue weighted by Gasteiger charge is 2.40. The van der Waals surface area contributed by atoms with Crippen molar-refractivity contribution in [2.45, 2.75) is 43.3 Å². The average Bonchev–Trinajstić information content (AvgIpc) is 2.93. The molecular weight excluding hydrogens is 286 g/mol. The summed E-state index contributed by atoms with van der Waals surface area (Å²) in [5.74, 6) is 0. The summed E-state index contributed by atoms with van der Waals surface area (Å²) in [5.41, 5.74) is 6.47. The van der Waals surface area contributed by atoms with Gasteiger partial charge in [0, 0.05) is 31.7 Å². The summed E-state index contributed by atoms with van der Waals surface area (Å²) < 4.78 is 27.5. The third-order valence-electron chi connectivity index (χ3n) is 4.62. The fourth-order valence-corrected chi connectivity index (χ4v) is 5.19. The van der Waals surface area contributed by atoms with E-state index < -0.39 is 10.0 Å². The first-order valence-corrected chi connectivity index (χ1v) is 9.01. The highest BCUT2D eigenvalue weighted by atomic mass is 32.2.